The summed E-state index contributed by atoms with van der Waals surface area (Å²) in [5, 5.41) is 16.2. The first-order valence-electron chi connectivity index (χ1n) is 8.44. The minimum Gasteiger partial charge on any atom is -0.504 e. The second kappa shape index (κ2) is 10.8. The minimum atomic E-state index is 0.171. The van der Waals surface area contributed by atoms with Gasteiger partial charge < -0.3 is 20.5 Å². The highest BCUT2D eigenvalue weighted by molar-refractivity contribution is 5.79. The fourth-order valence-electron chi connectivity index (χ4n) is 2.23. The molecule has 0 saturated heterocycles. The number of nitrogens with one attached hydrogen (secondary N) is 2. The number of benzene rings is 1. The topological polar surface area (TPSA) is 65.9 Å². The van der Waals surface area contributed by atoms with Gasteiger partial charge in [-0.05, 0) is 49.8 Å². The van der Waals surface area contributed by atoms with Gasteiger partial charge in [0.15, 0.2) is 17.5 Å². The molecule has 0 aliphatic rings. The lowest BCUT2D eigenvalue weighted by Gasteiger charge is -2.12. The van der Waals surface area contributed by atoms with E-state index < -0.39 is 0 Å². The molecule has 0 aliphatic heterocycles. The largest absolute Gasteiger partial charge is 0.504 e. The SMILES string of the molecule is CCNC(=NCCCC(C)C)NCCc1ccc(O)c(OC)c1. The van der Waals surface area contributed by atoms with Crippen LogP contribution in [0.3, 0.4) is 0 Å². The molecule has 0 amide bonds. The van der Waals surface area contributed by atoms with E-state index in [1.807, 2.05) is 12.1 Å². The second-order valence-electron chi connectivity index (χ2n) is 5.98. The van der Waals surface area contributed by atoms with E-state index in [4.69, 9.17) is 4.74 Å². The van der Waals surface area contributed by atoms with Gasteiger partial charge in [-0.2, -0.15) is 0 Å². The molecule has 130 valence electrons. The third kappa shape index (κ3) is 7.77. The Kier molecular flexibility index (Phi) is 8.95. The van der Waals surface area contributed by atoms with Gasteiger partial charge in [0.05, 0.1) is 7.11 Å². The Labute approximate surface area is 140 Å². The van der Waals surface area contributed by atoms with Crippen molar-refractivity contribution in [1.29, 1.82) is 0 Å². The quantitative estimate of drug-likeness (QED) is 0.372. The maximum atomic E-state index is 9.61. The normalized spacial score (nSPS) is 11.6. The number of hydrogen-bond donors (Lipinski definition) is 3. The van der Waals surface area contributed by atoms with Gasteiger partial charge in [-0.15, -0.1) is 0 Å². The summed E-state index contributed by atoms with van der Waals surface area (Å²) >= 11 is 0. The zero-order valence-corrected chi connectivity index (χ0v) is 14.9. The minimum absolute atomic E-state index is 0.171. The summed E-state index contributed by atoms with van der Waals surface area (Å²) in [5.74, 6) is 2.27. The number of aromatic hydroxyl groups is 1. The van der Waals surface area contributed by atoms with Crippen molar-refractivity contribution in [3.05, 3.63) is 23.8 Å². The van der Waals surface area contributed by atoms with Crippen LogP contribution in [-0.2, 0) is 6.42 Å². The van der Waals surface area contributed by atoms with Gasteiger partial charge in [0.1, 0.15) is 0 Å². The molecule has 5 heteroatoms. The van der Waals surface area contributed by atoms with Crippen LogP contribution in [0.1, 0.15) is 39.2 Å². The first-order chi connectivity index (χ1) is 11.1. The molecule has 0 aromatic heterocycles. The standard InChI is InChI=1S/C18H31N3O2/c1-5-19-18(20-11-6-7-14(2)3)21-12-10-15-8-9-16(22)17(13-15)23-4/h8-9,13-14,22H,5-7,10-12H2,1-4H3,(H2,19,20,21). The summed E-state index contributed by atoms with van der Waals surface area (Å²) < 4.78 is 5.13. The zero-order valence-electron chi connectivity index (χ0n) is 14.9. The van der Waals surface area contributed by atoms with Gasteiger partial charge in [-0.3, -0.25) is 4.99 Å². The molecule has 0 unspecified atom stereocenters. The Bertz CT molecular complexity index is 487. The van der Waals surface area contributed by atoms with E-state index in [1.165, 1.54) is 6.42 Å². The Balaban J connectivity index is 2.44. The van der Waals surface area contributed by atoms with Gasteiger partial charge in [0.25, 0.3) is 0 Å². The van der Waals surface area contributed by atoms with Crippen LogP contribution in [0.4, 0.5) is 0 Å². The number of phenolic OH excluding ortho intramolecular Hbond substituents is 1. The zero-order chi connectivity index (χ0) is 17.1. The Morgan fingerprint density at radius 1 is 1.30 bits per heavy atom. The number of guanidine groups is 1. The van der Waals surface area contributed by atoms with E-state index in [0.29, 0.717) is 5.75 Å². The summed E-state index contributed by atoms with van der Waals surface area (Å²) in [6, 6.07) is 5.44. The molecule has 1 rings (SSSR count). The second-order valence-corrected chi connectivity index (χ2v) is 5.98. The monoisotopic (exact) mass is 321 g/mol. The fraction of sp³-hybridized carbons (Fsp3) is 0.611. The molecule has 1 aromatic carbocycles. The fourth-order valence-corrected chi connectivity index (χ4v) is 2.23. The molecule has 5 nitrogen and oxygen atoms in total. The van der Waals surface area contributed by atoms with Crippen LogP contribution in [0.15, 0.2) is 23.2 Å². The molecule has 23 heavy (non-hydrogen) atoms. The Morgan fingerprint density at radius 2 is 2.09 bits per heavy atom. The average Bonchev–Trinajstić information content (AvgIpc) is 2.52. The van der Waals surface area contributed by atoms with E-state index in [0.717, 1.165) is 49.9 Å². The van der Waals surface area contributed by atoms with Crippen molar-refractivity contribution in [2.24, 2.45) is 10.9 Å². The van der Waals surface area contributed by atoms with Crippen molar-refractivity contribution in [2.45, 2.75) is 40.0 Å². The first-order valence-corrected chi connectivity index (χ1v) is 8.44. The maximum absolute atomic E-state index is 9.61. The van der Waals surface area contributed by atoms with E-state index >= 15 is 0 Å². The van der Waals surface area contributed by atoms with Crippen molar-refractivity contribution in [1.82, 2.24) is 10.6 Å². The number of phenols is 1. The van der Waals surface area contributed by atoms with Crippen molar-refractivity contribution < 1.29 is 9.84 Å². The van der Waals surface area contributed by atoms with Crippen LogP contribution in [0.25, 0.3) is 0 Å². The molecule has 0 atom stereocenters. The molecular formula is C18H31N3O2. The number of rotatable bonds is 9. The number of ether oxygens (including phenoxy) is 1. The summed E-state index contributed by atoms with van der Waals surface area (Å²) in [7, 11) is 1.56. The van der Waals surface area contributed by atoms with E-state index in [-0.39, 0.29) is 5.75 Å². The predicted molar refractivity (Wildman–Crippen MR) is 96.4 cm³/mol. The lowest BCUT2D eigenvalue weighted by atomic mass is 10.1. The molecular weight excluding hydrogens is 290 g/mol. The van der Waals surface area contributed by atoms with E-state index in [9.17, 15) is 5.11 Å². The maximum Gasteiger partial charge on any atom is 0.191 e. The summed E-state index contributed by atoms with van der Waals surface area (Å²) in [5.41, 5.74) is 1.11. The van der Waals surface area contributed by atoms with Gasteiger partial charge in [-0.25, -0.2) is 0 Å². The van der Waals surface area contributed by atoms with Crippen LogP contribution in [0, 0.1) is 5.92 Å². The van der Waals surface area contributed by atoms with Crippen LogP contribution in [0.5, 0.6) is 11.5 Å². The highest BCUT2D eigenvalue weighted by Gasteiger charge is 2.03. The molecule has 0 bridgehead atoms. The average molecular weight is 321 g/mol. The molecule has 1 aromatic rings. The third-order valence-electron chi connectivity index (χ3n) is 3.50. The van der Waals surface area contributed by atoms with Crippen molar-refractivity contribution in [3.8, 4) is 11.5 Å². The van der Waals surface area contributed by atoms with E-state index in [1.54, 1.807) is 13.2 Å². The summed E-state index contributed by atoms with van der Waals surface area (Å²) in [4.78, 5) is 4.59. The molecule has 0 fully saturated rings. The van der Waals surface area contributed by atoms with Gasteiger partial charge >= 0.3 is 0 Å². The lowest BCUT2D eigenvalue weighted by molar-refractivity contribution is 0.373. The van der Waals surface area contributed by atoms with E-state index in [2.05, 4.69) is 36.4 Å². The van der Waals surface area contributed by atoms with Crippen LogP contribution >= 0.6 is 0 Å². The van der Waals surface area contributed by atoms with Crippen LogP contribution in [0.2, 0.25) is 0 Å². The number of aliphatic imine (C=N–C) groups is 1. The number of nitrogens with zero attached hydrogens (tertiary/aromatic N) is 1. The van der Waals surface area contributed by atoms with Crippen molar-refractivity contribution in [3.63, 3.8) is 0 Å². The molecule has 3 N–H and O–H groups in total. The van der Waals surface area contributed by atoms with Crippen molar-refractivity contribution in [2.75, 3.05) is 26.7 Å². The smallest absolute Gasteiger partial charge is 0.191 e. The molecule has 0 saturated carbocycles. The predicted octanol–water partition coefficient (Wildman–Crippen LogP) is 2.93. The lowest BCUT2D eigenvalue weighted by Crippen LogP contribution is -2.38. The van der Waals surface area contributed by atoms with Gasteiger partial charge in [-0.1, -0.05) is 19.9 Å². The van der Waals surface area contributed by atoms with Gasteiger partial charge in [0, 0.05) is 19.6 Å². The van der Waals surface area contributed by atoms with Crippen LogP contribution in [-0.4, -0.2) is 37.8 Å². The van der Waals surface area contributed by atoms with Gasteiger partial charge in [0.2, 0.25) is 0 Å². The van der Waals surface area contributed by atoms with Crippen LogP contribution < -0.4 is 15.4 Å². The highest BCUT2D eigenvalue weighted by Crippen LogP contribution is 2.26. The molecule has 0 spiro atoms. The highest BCUT2D eigenvalue weighted by atomic mass is 16.5. The Hall–Kier alpha value is -1.91. The summed E-state index contributed by atoms with van der Waals surface area (Å²) in [6.07, 6.45) is 3.16. The Morgan fingerprint density at radius 3 is 2.74 bits per heavy atom. The summed E-state index contributed by atoms with van der Waals surface area (Å²) in [6.45, 7) is 9.02. The number of methoxy groups -OCH3 is 1. The molecule has 0 radical (unpaired) electrons. The molecule has 0 aliphatic carbocycles. The number of hydrogen-bond acceptors (Lipinski definition) is 3. The molecule has 0 heterocycles. The third-order valence-corrected chi connectivity index (χ3v) is 3.50. The first kappa shape index (κ1) is 19.1. The van der Waals surface area contributed by atoms with Crippen molar-refractivity contribution >= 4 is 5.96 Å².